The minimum Gasteiger partial charge on any atom is -0.478 e. The van der Waals surface area contributed by atoms with Gasteiger partial charge in [0.25, 0.3) is 0 Å². The predicted octanol–water partition coefficient (Wildman–Crippen LogP) is 4.63. The number of aromatic carboxylic acids is 1. The lowest BCUT2D eigenvalue weighted by Crippen LogP contribution is -2.27. The van der Waals surface area contributed by atoms with E-state index in [1.54, 1.807) is 56.6 Å². The maximum atomic E-state index is 12.2. The first kappa shape index (κ1) is 36.0. The average molecular weight is 628 g/mol. The lowest BCUT2D eigenvalue weighted by molar-refractivity contribution is 0.0696. The van der Waals surface area contributed by atoms with E-state index < -0.39 is 18.2 Å². The van der Waals surface area contributed by atoms with Crippen LogP contribution in [0.1, 0.15) is 32.6 Å². The number of carboxylic acids is 1. The molecule has 0 spiro atoms. The van der Waals surface area contributed by atoms with Gasteiger partial charge in [0.2, 0.25) is 0 Å². The molecule has 0 heterocycles. The number of rotatable bonds is 7. The Balaban J connectivity index is 0.00000462. The van der Waals surface area contributed by atoms with Crippen molar-refractivity contribution in [2.45, 2.75) is 13.1 Å². The maximum absolute atomic E-state index is 12.2. The van der Waals surface area contributed by atoms with Crippen LogP contribution in [0.3, 0.4) is 0 Å². The lowest BCUT2D eigenvalue weighted by atomic mass is 10.0. The van der Waals surface area contributed by atoms with Gasteiger partial charge in [0.1, 0.15) is 0 Å². The summed E-state index contributed by atoms with van der Waals surface area (Å²) in [6, 6.07) is 18.8. The van der Waals surface area contributed by atoms with Gasteiger partial charge >= 0.3 is 18.2 Å². The number of anilines is 2. The van der Waals surface area contributed by atoms with E-state index in [1.807, 2.05) is 12.1 Å². The number of nitrogens with two attached hydrogens (primary N) is 2. The Labute approximate surface area is 262 Å². The number of ether oxygens (including phenoxy) is 2. The smallest absolute Gasteiger partial charge is 0.410 e. The molecule has 0 aliphatic rings. The summed E-state index contributed by atoms with van der Waals surface area (Å²) < 4.78 is 10.3. The van der Waals surface area contributed by atoms with Crippen molar-refractivity contribution in [1.82, 2.24) is 9.80 Å². The molecule has 0 aromatic heterocycles. The third-order valence-electron chi connectivity index (χ3n) is 5.61. The summed E-state index contributed by atoms with van der Waals surface area (Å²) in [5.74, 6) is 9.68. The highest BCUT2D eigenvalue weighted by molar-refractivity contribution is 5.91. The minimum absolute atomic E-state index is 0. The zero-order valence-electron chi connectivity index (χ0n) is 23.5. The summed E-state index contributed by atoms with van der Waals surface area (Å²) in [5, 5.41) is 9.61. The fraction of sp³-hybridized carbons (Fsp3) is 0.194. The Bertz CT molecular complexity index is 1560. The van der Waals surface area contributed by atoms with Crippen LogP contribution in [-0.2, 0) is 22.6 Å². The summed E-state index contributed by atoms with van der Waals surface area (Å²) in [5.41, 5.74) is 15.0. The molecule has 0 bridgehead atoms. The van der Waals surface area contributed by atoms with E-state index in [9.17, 15) is 19.5 Å². The van der Waals surface area contributed by atoms with Crippen LogP contribution >= 0.6 is 24.8 Å². The Kier molecular flexibility index (Phi) is 14.8. The molecule has 0 radical (unpaired) electrons. The first-order valence-electron chi connectivity index (χ1n) is 12.4. The van der Waals surface area contributed by atoms with Crippen LogP contribution in [-0.4, -0.2) is 60.4 Å². The van der Waals surface area contributed by atoms with Crippen molar-refractivity contribution >= 4 is 54.3 Å². The summed E-state index contributed by atoms with van der Waals surface area (Å²) >= 11 is 0. The third-order valence-corrected chi connectivity index (χ3v) is 5.61. The van der Waals surface area contributed by atoms with Crippen molar-refractivity contribution in [2.75, 3.05) is 38.8 Å². The zero-order valence-corrected chi connectivity index (χ0v) is 25.2. The van der Waals surface area contributed by atoms with Crippen LogP contribution < -0.4 is 11.5 Å². The molecule has 10 nitrogen and oxygen atoms in total. The first-order chi connectivity index (χ1) is 19.6. The number of carboxylic acid groups (broad SMARTS) is 1. The zero-order chi connectivity index (χ0) is 29.8. The molecule has 12 heteroatoms. The van der Waals surface area contributed by atoms with Crippen molar-refractivity contribution in [3.63, 3.8) is 0 Å². The first-order valence-corrected chi connectivity index (χ1v) is 12.4. The maximum Gasteiger partial charge on any atom is 0.410 e. The molecule has 0 saturated carbocycles. The Morgan fingerprint density at radius 2 is 1.23 bits per heavy atom. The number of halogens is 2. The van der Waals surface area contributed by atoms with Gasteiger partial charge in [-0.05, 0) is 53.6 Å². The standard InChI is InChI=1S/C31H30N4O6.2ClH/c1-34(20-23-7-3-11-26(32)17-23)30(38)40-15-5-9-22-13-14-25(28(19-22)29(36)37)10-6-16-41-31(39)35(2)21-24-8-4-12-27(33)18-24;;/h3-4,7-8,11-14,17-19H,15-16,20-21,32-33H2,1-2H3,(H,36,37);2*1H. The summed E-state index contributed by atoms with van der Waals surface area (Å²) in [4.78, 5) is 39.0. The largest absolute Gasteiger partial charge is 0.478 e. The van der Waals surface area contributed by atoms with E-state index in [-0.39, 0.29) is 49.2 Å². The molecule has 0 aliphatic heterocycles. The molecule has 43 heavy (non-hydrogen) atoms. The van der Waals surface area contributed by atoms with Gasteiger partial charge in [0.15, 0.2) is 13.2 Å². The number of hydrogen-bond donors (Lipinski definition) is 3. The van der Waals surface area contributed by atoms with Gasteiger partial charge in [-0.2, -0.15) is 0 Å². The van der Waals surface area contributed by atoms with E-state index in [4.69, 9.17) is 20.9 Å². The van der Waals surface area contributed by atoms with Crippen LogP contribution in [0.15, 0.2) is 66.7 Å². The number of benzene rings is 3. The molecular formula is C31H32Cl2N4O6. The van der Waals surface area contributed by atoms with Crippen LogP contribution in [0.25, 0.3) is 0 Å². The summed E-state index contributed by atoms with van der Waals surface area (Å²) in [7, 11) is 3.18. The molecule has 5 N–H and O–H groups in total. The van der Waals surface area contributed by atoms with Crippen molar-refractivity contribution in [1.29, 1.82) is 0 Å². The Hall–Kier alpha value is -5.03. The monoisotopic (exact) mass is 626 g/mol. The van der Waals surface area contributed by atoms with Gasteiger partial charge < -0.3 is 35.8 Å². The van der Waals surface area contributed by atoms with Crippen LogP contribution in [0.2, 0.25) is 0 Å². The minimum atomic E-state index is -1.19. The van der Waals surface area contributed by atoms with Gasteiger partial charge in [0, 0.05) is 49.7 Å². The molecule has 0 atom stereocenters. The van der Waals surface area contributed by atoms with E-state index in [1.165, 1.54) is 21.9 Å². The SMILES string of the molecule is CN(Cc1cccc(N)c1)C(=O)OCC#Cc1ccc(C#CCOC(=O)N(C)Cc2cccc(N)c2)c(C(=O)O)c1.Cl.Cl. The lowest BCUT2D eigenvalue weighted by Gasteiger charge is -2.16. The second-order valence-corrected chi connectivity index (χ2v) is 8.98. The van der Waals surface area contributed by atoms with E-state index in [0.717, 1.165) is 11.1 Å². The normalized spacial score (nSPS) is 9.35. The van der Waals surface area contributed by atoms with E-state index in [2.05, 4.69) is 23.7 Å². The number of hydrogen-bond acceptors (Lipinski definition) is 7. The fourth-order valence-corrected chi connectivity index (χ4v) is 3.65. The van der Waals surface area contributed by atoms with Gasteiger partial charge in [-0.15, -0.1) is 24.8 Å². The summed E-state index contributed by atoms with van der Waals surface area (Å²) in [6.45, 7) is 0.225. The number of carbonyl (C=O) groups is 3. The van der Waals surface area contributed by atoms with Crippen LogP contribution in [0.4, 0.5) is 21.0 Å². The number of carbonyl (C=O) groups excluding carboxylic acids is 2. The van der Waals surface area contributed by atoms with Crippen LogP contribution in [0, 0.1) is 23.7 Å². The molecule has 3 rings (SSSR count). The van der Waals surface area contributed by atoms with Crippen molar-refractivity contribution < 1.29 is 29.0 Å². The van der Waals surface area contributed by atoms with Crippen molar-refractivity contribution in [3.05, 3.63) is 94.5 Å². The molecule has 2 amide bonds. The quantitative estimate of drug-likeness (QED) is 0.254. The Morgan fingerprint density at radius 1 is 0.744 bits per heavy atom. The van der Waals surface area contributed by atoms with Crippen molar-refractivity contribution in [2.24, 2.45) is 0 Å². The molecule has 0 saturated heterocycles. The van der Waals surface area contributed by atoms with Gasteiger partial charge in [0.05, 0.1) is 5.56 Å². The van der Waals surface area contributed by atoms with Crippen LogP contribution in [0.5, 0.6) is 0 Å². The van der Waals surface area contributed by atoms with Crippen molar-refractivity contribution in [3.8, 4) is 23.7 Å². The van der Waals surface area contributed by atoms with E-state index in [0.29, 0.717) is 30.0 Å². The average Bonchev–Trinajstić information content (AvgIpc) is 2.93. The second kappa shape index (κ2) is 17.7. The summed E-state index contributed by atoms with van der Waals surface area (Å²) in [6.07, 6.45) is -1.14. The molecule has 226 valence electrons. The van der Waals surface area contributed by atoms with Gasteiger partial charge in [-0.1, -0.05) is 47.9 Å². The predicted molar refractivity (Wildman–Crippen MR) is 169 cm³/mol. The number of amides is 2. The number of nitrogens with zero attached hydrogens (tertiary/aromatic N) is 2. The van der Waals surface area contributed by atoms with Gasteiger partial charge in [-0.25, -0.2) is 14.4 Å². The molecule has 0 aliphatic carbocycles. The van der Waals surface area contributed by atoms with E-state index >= 15 is 0 Å². The molecule has 0 fully saturated rings. The topological polar surface area (TPSA) is 148 Å². The number of nitrogen functional groups attached to an aromatic ring is 2. The fourth-order valence-electron chi connectivity index (χ4n) is 3.65. The highest BCUT2D eigenvalue weighted by Gasteiger charge is 2.12. The highest BCUT2D eigenvalue weighted by Crippen LogP contribution is 2.12. The highest BCUT2D eigenvalue weighted by atomic mass is 35.5. The third kappa shape index (κ3) is 11.8. The molecule has 3 aromatic carbocycles. The van der Waals surface area contributed by atoms with Gasteiger partial charge in [-0.3, -0.25) is 0 Å². The molecular weight excluding hydrogens is 595 g/mol. The molecule has 3 aromatic rings. The second-order valence-electron chi connectivity index (χ2n) is 8.98. The molecule has 0 unspecified atom stereocenters. The Morgan fingerprint density at radius 3 is 1.70 bits per heavy atom.